The summed E-state index contributed by atoms with van der Waals surface area (Å²) < 4.78 is 12.8. The lowest BCUT2D eigenvalue weighted by molar-refractivity contribution is -0.134. The van der Waals surface area contributed by atoms with Crippen LogP contribution in [-0.4, -0.2) is 47.0 Å². The summed E-state index contributed by atoms with van der Waals surface area (Å²) in [6.45, 7) is 2.11. The van der Waals surface area contributed by atoms with Gasteiger partial charge in [0.2, 0.25) is 5.91 Å². The summed E-state index contributed by atoms with van der Waals surface area (Å²) >= 11 is 0. The molecule has 0 unspecified atom stereocenters. The first-order valence-electron chi connectivity index (χ1n) is 8.25. The van der Waals surface area contributed by atoms with Crippen LogP contribution in [0, 0.1) is 0 Å². The molecule has 0 bridgehead atoms. The van der Waals surface area contributed by atoms with Gasteiger partial charge in [-0.05, 0) is 25.0 Å². The second-order valence-corrected chi connectivity index (χ2v) is 5.92. The predicted molar refractivity (Wildman–Crippen MR) is 89.6 cm³/mol. The molecule has 6 nitrogen and oxygen atoms in total. The van der Waals surface area contributed by atoms with Crippen LogP contribution in [0.1, 0.15) is 18.4 Å². The monoisotopic (exact) mass is 329 g/mol. The van der Waals surface area contributed by atoms with Crippen molar-refractivity contribution in [1.29, 1.82) is 0 Å². The highest BCUT2D eigenvalue weighted by Crippen LogP contribution is 2.21. The molecule has 1 aromatic heterocycles. The van der Waals surface area contributed by atoms with E-state index in [0.29, 0.717) is 13.1 Å². The molecule has 0 spiro atoms. The van der Waals surface area contributed by atoms with Gasteiger partial charge in [-0.1, -0.05) is 18.2 Å². The number of hydrogen-bond acceptors (Lipinski definition) is 4. The van der Waals surface area contributed by atoms with Crippen LogP contribution in [0.15, 0.2) is 42.7 Å². The number of hydrogen-bond donors (Lipinski definition) is 0. The first kappa shape index (κ1) is 16.5. The molecule has 1 aromatic carbocycles. The van der Waals surface area contributed by atoms with E-state index in [4.69, 9.17) is 9.47 Å². The molecule has 1 fully saturated rings. The van der Waals surface area contributed by atoms with Gasteiger partial charge in [0.15, 0.2) is 0 Å². The van der Waals surface area contributed by atoms with E-state index >= 15 is 0 Å². The fourth-order valence-electron chi connectivity index (χ4n) is 2.96. The van der Waals surface area contributed by atoms with Crippen molar-refractivity contribution in [2.24, 2.45) is 0 Å². The smallest absolute Gasteiger partial charge is 0.244 e. The fourth-order valence-corrected chi connectivity index (χ4v) is 2.96. The average Bonchev–Trinajstić information content (AvgIpc) is 3.28. The Kier molecular flexibility index (Phi) is 5.48. The molecular weight excluding hydrogens is 306 g/mol. The summed E-state index contributed by atoms with van der Waals surface area (Å²) in [5.41, 5.74) is 0.992. The van der Waals surface area contributed by atoms with Crippen LogP contribution in [0.4, 0.5) is 0 Å². The Bertz CT molecular complexity index is 651. The van der Waals surface area contributed by atoms with Crippen LogP contribution in [0.5, 0.6) is 5.75 Å². The summed E-state index contributed by atoms with van der Waals surface area (Å²) in [5, 5.41) is 4.12. The van der Waals surface area contributed by atoms with Crippen LogP contribution in [0.25, 0.3) is 0 Å². The van der Waals surface area contributed by atoms with Crippen molar-refractivity contribution in [3.05, 3.63) is 48.3 Å². The number of methoxy groups -OCH3 is 1. The molecule has 0 N–H and O–H groups in total. The number of carbonyl (C=O) groups is 1. The van der Waals surface area contributed by atoms with Gasteiger partial charge in [-0.3, -0.25) is 9.48 Å². The molecule has 1 saturated heterocycles. The molecule has 3 rings (SSSR count). The number of para-hydroxylation sites is 1. The predicted octanol–water partition coefficient (Wildman–Crippen LogP) is 2.10. The molecule has 1 atom stereocenters. The van der Waals surface area contributed by atoms with E-state index in [1.807, 2.05) is 35.2 Å². The first-order chi connectivity index (χ1) is 11.8. The molecule has 0 radical (unpaired) electrons. The Morgan fingerprint density at radius 3 is 3.00 bits per heavy atom. The Morgan fingerprint density at radius 2 is 2.29 bits per heavy atom. The number of carbonyl (C=O) groups excluding carboxylic acids is 1. The Balaban J connectivity index is 1.74. The zero-order valence-electron chi connectivity index (χ0n) is 13.9. The maximum absolute atomic E-state index is 12.8. The molecule has 1 aliphatic rings. The maximum atomic E-state index is 12.8. The molecule has 128 valence electrons. The number of amides is 1. The minimum Gasteiger partial charge on any atom is -0.496 e. The van der Waals surface area contributed by atoms with E-state index in [-0.39, 0.29) is 18.6 Å². The van der Waals surface area contributed by atoms with Crippen LogP contribution >= 0.6 is 0 Å². The largest absolute Gasteiger partial charge is 0.496 e. The van der Waals surface area contributed by atoms with E-state index in [1.165, 1.54) is 0 Å². The zero-order valence-corrected chi connectivity index (χ0v) is 13.9. The van der Waals surface area contributed by atoms with Gasteiger partial charge in [0.25, 0.3) is 0 Å². The second-order valence-electron chi connectivity index (χ2n) is 5.92. The molecule has 24 heavy (non-hydrogen) atoms. The molecule has 0 saturated carbocycles. The third kappa shape index (κ3) is 4.14. The van der Waals surface area contributed by atoms with Crippen molar-refractivity contribution >= 4 is 5.91 Å². The van der Waals surface area contributed by atoms with E-state index in [0.717, 1.165) is 30.8 Å². The molecule has 2 aromatic rings. The van der Waals surface area contributed by atoms with Crippen LogP contribution < -0.4 is 4.74 Å². The quantitative estimate of drug-likeness (QED) is 0.780. The fraction of sp³-hybridized carbons (Fsp3) is 0.444. The van der Waals surface area contributed by atoms with Gasteiger partial charge in [0, 0.05) is 37.7 Å². The summed E-state index contributed by atoms with van der Waals surface area (Å²) in [7, 11) is 1.65. The van der Waals surface area contributed by atoms with Crippen molar-refractivity contribution in [3.63, 3.8) is 0 Å². The van der Waals surface area contributed by atoms with E-state index < -0.39 is 0 Å². The SMILES string of the molecule is COc1ccccc1CN(C[C@H]1CCCO1)C(=O)Cn1cccn1. The van der Waals surface area contributed by atoms with Crippen LogP contribution in [0.2, 0.25) is 0 Å². The van der Waals surface area contributed by atoms with E-state index in [2.05, 4.69) is 5.10 Å². The average molecular weight is 329 g/mol. The van der Waals surface area contributed by atoms with E-state index in [1.54, 1.807) is 24.2 Å². The highest BCUT2D eigenvalue weighted by Gasteiger charge is 2.23. The lowest BCUT2D eigenvalue weighted by Crippen LogP contribution is -2.39. The van der Waals surface area contributed by atoms with E-state index in [9.17, 15) is 4.79 Å². The van der Waals surface area contributed by atoms with Gasteiger partial charge in [-0.15, -0.1) is 0 Å². The maximum Gasteiger partial charge on any atom is 0.244 e. The topological polar surface area (TPSA) is 56.6 Å². The van der Waals surface area contributed by atoms with Gasteiger partial charge in [0.05, 0.1) is 13.2 Å². The summed E-state index contributed by atoms with van der Waals surface area (Å²) in [4.78, 5) is 14.6. The Labute approximate surface area is 142 Å². The number of aromatic nitrogens is 2. The molecular formula is C18H23N3O3. The van der Waals surface area contributed by atoms with Crippen molar-refractivity contribution in [2.75, 3.05) is 20.3 Å². The number of ether oxygens (including phenoxy) is 2. The normalized spacial score (nSPS) is 17.0. The minimum atomic E-state index is 0.0279. The highest BCUT2D eigenvalue weighted by atomic mass is 16.5. The van der Waals surface area contributed by atoms with Crippen molar-refractivity contribution in [1.82, 2.24) is 14.7 Å². The lowest BCUT2D eigenvalue weighted by atomic mass is 10.1. The standard InChI is InChI=1S/C18H23N3O3/c1-23-17-8-3-2-6-15(17)12-20(13-16-7-4-11-24-16)18(22)14-21-10-5-9-19-21/h2-3,5-6,8-10,16H,4,7,11-14H2,1H3/t16-/m1/s1. The molecule has 2 heterocycles. The van der Waals surface area contributed by atoms with Gasteiger partial charge >= 0.3 is 0 Å². The summed E-state index contributed by atoms with van der Waals surface area (Å²) in [6.07, 6.45) is 5.64. The molecule has 6 heteroatoms. The van der Waals surface area contributed by atoms with Crippen molar-refractivity contribution < 1.29 is 14.3 Å². The molecule has 1 amide bonds. The molecule has 1 aliphatic heterocycles. The number of rotatable bonds is 7. The van der Waals surface area contributed by atoms with Gasteiger partial charge < -0.3 is 14.4 Å². The number of nitrogens with zero attached hydrogens (tertiary/aromatic N) is 3. The summed E-state index contributed by atoms with van der Waals surface area (Å²) in [6, 6.07) is 9.61. The second kappa shape index (κ2) is 7.97. The summed E-state index contributed by atoms with van der Waals surface area (Å²) in [5.74, 6) is 0.821. The zero-order chi connectivity index (χ0) is 16.8. The lowest BCUT2D eigenvalue weighted by Gasteiger charge is -2.26. The van der Waals surface area contributed by atoms with Crippen LogP contribution in [-0.2, 0) is 22.6 Å². The molecule has 0 aliphatic carbocycles. The van der Waals surface area contributed by atoms with Gasteiger partial charge in [0.1, 0.15) is 12.3 Å². The highest BCUT2D eigenvalue weighted by molar-refractivity contribution is 5.76. The minimum absolute atomic E-state index is 0.0279. The first-order valence-corrected chi connectivity index (χ1v) is 8.25. The number of benzene rings is 1. The van der Waals surface area contributed by atoms with Crippen LogP contribution in [0.3, 0.4) is 0 Å². The van der Waals surface area contributed by atoms with Gasteiger partial charge in [-0.2, -0.15) is 5.10 Å². The Morgan fingerprint density at radius 1 is 1.42 bits per heavy atom. The van der Waals surface area contributed by atoms with Crippen molar-refractivity contribution in [2.45, 2.75) is 32.0 Å². The Hall–Kier alpha value is -2.34. The van der Waals surface area contributed by atoms with Crippen molar-refractivity contribution in [3.8, 4) is 5.75 Å². The third-order valence-electron chi connectivity index (χ3n) is 4.21. The third-order valence-corrected chi connectivity index (χ3v) is 4.21. The van der Waals surface area contributed by atoms with Gasteiger partial charge in [-0.25, -0.2) is 0 Å².